The summed E-state index contributed by atoms with van der Waals surface area (Å²) in [5.74, 6) is 0.573. The van der Waals surface area contributed by atoms with Crippen molar-refractivity contribution in [1.82, 2.24) is 0 Å². The minimum absolute atomic E-state index is 0.0408. The Hall–Kier alpha value is -1.06. The minimum Gasteiger partial charge on any atom is -0.460 e. The molecule has 0 aromatic rings. The maximum atomic E-state index is 12.0. The molecule has 4 nitrogen and oxygen atoms in total. The summed E-state index contributed by atoms with van der Waals surface area (Å²) in [7, 11) is 0. The van der Waals surface area contributed by atoms with E-state index in [0.717, 1.165) is 19.3 Å². The van der Waals surface area contributed by atoms with Gasteiger partial charge in [-0.3, -0.25) is 9.59 Å². The molecule has 6 atom stereocenters. The lowest BCUT2D eigenvalue weighted by Crippen LogP contribution is -2.45. The van der Waals surface area contributed by atoms with Crippen molar-refractivity contribution < 1.29 is 19.1 Å². The smallest absolute Gasteiger partial charge is 0.309 e. The highest BCUT2D eigenvalue weighted by Gasteiger charge is 2.61. The molecule has 4 heteroatoms. The Morgan fingerprint density at radius 2 is 2.16 bits per heavy atom. The molecule has 0 aliphatic heterocycles. The van der Waals surface area contributed by atoms with Gasteiger partial charge in [0.05, 0.1) is 5.92 Å². The average molecular weight is 268 g/mol. The van der Waals surface area contributed by atoms with E-state index >= 15 is 0 Å². The van der Waals surface area contributed by atoms with Crippen LogP contribution in [0.3, 0.4) is 0 Å². The molecule has 2 fully saturated rings. The number of hydrogen-bond donors (Lipinski definition) is 0. The molecule has 0 aromatic carbocycles. The van der Waals surface area contributed by atoms with Gasteiger partial charge in [0, 0.05) is 11.3 Å². The summed E-state index contributed by atoms with van der Waals surface area (Å²) in [4.78, 5) is 22.7. The van der Waals surface area contributed by atoms with Crippen molar-refractivity contribution in [2.45, 2.75) is 59.2 Å². The fourth-order valence-electron chi connectivity index (χ4n) is 3.86. The molecule has 2 saturated carbocycles. The minimum atomic E-state index is -0.277. The largest absolute Gasteiger partial charge is 0.460 e. The van der Waals surface area contributed by atoms with Crippen LogP contribution in [0.1, 0.15) is 47.0 Å². The predicted molar refractivity (Wildman–Crippen MR) is 70.3 cm³/mol. The Balaban J connectivity index is 2.13. The zero-order chi connectivity index (χ0) is 14.2. The molecule has 2 rings (SSSR count). The molecule has 0 amide bonds. The van der Waals surface area contributed by atoms with Gasteiger partial charge >= 0.3 is 5.97 Å². The zero-order valence-corrected chi connectivity index (χ0v) is 12.2. The van der Waals surface area contributed by atoms with Crippen molar-refractivity contribution >= 4 is 12.4 Å². The van der Waals surface area contributed by atoms with E-state index in [9.17, 15) is 9.59 Å². The van der Waals surface area contributed by atoms with Gasteiger partial charge in [-0.2, -0.15) is 0 Å². The van der Waals surface area contributed by atoms with E-state index in [4.69, 9.17) is 9.47 Å². The van der Waals surface area contributed by atoms with Gasteiger partial charge in [-0.15, -0.1) is 0 Å². The number of hydrogen-bond acceptors (Lipinski definition) is 4. The lowest BCUT2D eigenvalue weighted by Gasteiger charge is -2.38. The first-order valence-corrected chi connectivity index (χ1v) is 7.22. The van der Waals surface area contributed by atoms with E-state index in [1.165, 1.54) is 0 Å². The second kappa shape index (κ2) is 5.14. The Morgan fingerprint density at radius 3 is 2.74 bits per heavy atom. The van der Waals surface area contributed by atoms with Crippen LogP contribution < -0.4 is 0 Å². The van der Waals surface area contributed by atoms with Crippen LogP contribution in [0.25, 0.3) is 0 Å². The van der Waals surface area contributed by atoms with Gasteiger partial charge < -0.3 is 9.47 Å². The van der Waals surface area contributed by atoms with Crippen molar-refractivity contribution in [3.63, 3.8) is 0 Å². The normalized spacial score (nSPS) is 41.9. The lowest BCUT2D eigenvalue weighted by molar-refractivity contribution is -0.176. The number of fused-ring (bicyclic) bond motifs is 2. The van der Waals surface area contributed by atoms with Crippen LogP contribution >= 0.6 is 0 Å². The molecule has 0 aromatic heterocycles. The summed E-state index contributed by atoms with van der Waals surface area (Å²) < 4.78 is 10.9. The van der Waals surface area contributed by atoms with Crippen molar-refractivity contribution in [3.05, 3.63) is 0 Å². The van der Waals surface area contributed by atoms with Gasteiger partial charge in [-0.1, -0.05) is 27.7 Å². The second-order valence-corrected chi connectivity index (χ2v) is 6.57. The summed E-state index contributed by atoms with van der Waals surface area (Å²) >= 11 is 0. The van der Waals surface area contributed by atoms with Gasteiger partial charge in [-0.05, 0) is 25.2 Å². The van der Waals surface area contributed by atoms with Crippen molar-refractivity contribution in [2.24, 2.45) is 23.2 Å². The first kappa shape index (κ1) is 14.4. The van der Waals surface area contributed by atoms with Gasteiger partial charge in [0.15, 0.2) is 0 Å². The Morgan fingerprint density at radius 1 is 1.47 bits per heavy atom. The summed E-state index contributed by atoms with van der Waals surface area (Å²) in [5.41, 5.74) is -0.0408. The lowest BCUT2D eigenvalue weighted by atomic mass is 9.78. The Bertz CT molecular complexity index is 367. The molecule has 108 valence electrons. The first-order chi connectivity index (χ1) is 8.92. The summed E-state index contributed by atoms with van der Waals surface area (Å²) in [5, 5.41) is 0. The highest BCUT2D eigenvalue weighted by atomic mass is 16.6. The standard InChI is InChI=1S/C15H24O4/c1-5-9(2)14(17)19-13-12(18-8-16)11-7-15(13,4)6-10(11)3/h8-13H,5-7H2,1-4H3. The fraction of sp³-hybridized carbons (Fsp3) is 0.867. The zero-order valence-electron chi connectivity index (χ0n) is 12.2. The Kier molecular flexibility index (Phi) is 3.88. The monoisotopic (exact) mass is 268 g/mol. The van der Waals surface area contributed by atoms with Crippen LogP contribution in [-0.4, -0.2) is 24.6 Å². The number of rotatable bonds is 5. The molecule has 6 unspecified atom stereocenters. The second-order valence-electron chi connectivity index (χ2n) is 6.57. The van der Waals surface area contributed by atoms with Crippen molar-refractivity contribution in [3.8, 4) is 0 Å². The van der Waals surface area contributed by atoms with Crippen LogP contribution in [0, 0.1) is 23.2 Å². The fourth-order valence-corrected chi connectivity index (χ4v) is 3.86. The van der Waals surface area contributed by atoms with Gasteiger partial charge in [0.1, 0.15) is 12.2 Å². The molecule has 2 bridgehead atoms. The summed E-state index contributed by atoms with van der Waals surface area (Å²) in [6.07, 6.45) is 2.24. The molecule has 2 aliphatic rings. The van der Waals surface area contributed by atoms with Crippen molar-refractivity contribution in [2.75, 3.05) is 0 Å². The first-order valence-electron chi connectivity index (χ1n) is 7.22. The number of ether oxygens (including phenoxy) is 2. The predicted octanol–water partition coefficient (Wildman–Crippen LogP) is 2.55. The maximum absolute atomic E-state index is 12.0. The van der Waals surface area contributed by atoms with E-state index in [0.29, 0.717) is 18.3 Å². The Labute approximate surface area is 114 Å². The average Bonchev–Trinajstić information content (AvgIpc) is 2.80. The van der Waals surface area contributed by atoms with E-state index in [-0.39, 0.29) is 29.5 Å². The highest BCUT2D eigenvalue weighted by molar-refractivity contribution is 5.72. The van der Waals surface area contributed by atoms with Crippen LogP contribution in [0.15, 0.2) is 0 Å². The molecule has 2 aliphatic carbocycles. The van der Waals surface area contributed by atoms with Crippen LogP contribution in [0.2, 0.25) is 0 Å². The van der Waals surface area contributed by atoms with E-state index in [1.54, 1.807) is 0 Å². The van der Waals surface area contributed by atoms with Gasteiger partial charge in [-0.25, -0.2) is 0 Å². The van der Waals surface area contributed by atoms with Crippen LogP contribution in [0.5, 0.6) is 0 Å². The third-order valence-corrected chi connectivity index (χ3v) is 5.10. The van der Waals surface area contributed by atoms with Crippen LogP contribution in [0.4, 0.5) is 0 Å². The third-order valence-electron chi connectivity index (χ3n) is 5.10. The van der Waals surface area contributed by atoms with Gasteiger partial charge in [0.2, 0.25) is 0 Å². The van der Waals surface area contributed by atoms with E-state index in [2.05, 4.69) is 13.8 Å². The molecule has 0 radical (unpaired) electrons. The quantitative estimate of drug-likeness (QED) is 0.568. The SMILES string of the molecule is CCC(C)C(=O)OC1C(OC=O)C2CC1(C)CC2C. The summed E-state index contributed by atoms with van der Waals surface area (Å²) in [6.45, 7) is 8.66. The molecule has 0 heterocycles. The van der Waals surface area contributed by atoms with Gasteiger partial charge in [0.25, 0.3) is 6.47 Å². The van der Waals surface area contributed by atoms with Crippen molar-refractivity contribution in [1.29, 1.82) is 0 Å². The molecule has 0 saturated heterocycles. The number of carbonyl (C=O) groups excluding carboxylic acids is 2. The molecule has 0 spiro atoms. The summed E-state index contributed by atoms with van der Waals surface area (Å²) in [6, 6.07) is 0. The van der Waals surface area contributed by atoms with E-state index in [1.807, 2.05) is 13.8 Å². The third kappa shape index (κ3) is 2.37. The molecule has 0 N–H and O–H groups in total. The topological polar surface area (TPSA) is 52.6 Å². The van der Waals surface area contributed by atoms with E-state index < -0.39 is 0 Å². The molecular formula is C15H24O4. The molecular weight excluding hydrogens is 244 g/mol. The van der Waals surface area contributed by atoms with Crippen LogP contribution in [-0.2, 0) is 19.1 Å². The number of esters is 1. The molecule has 19 heavy (non-hydrogen) atoms. The highest BCUT2D eigenvalue weighted by Crippen LogP contribution is 2.58. The number of carbonyl (C=O) groups is 2. The maximum Gasteiger partial charge on any atom is 0.309 e.